The van der Waals surface area contributed by atoms with Crippen LogP contribution in [-0.4, -0.2) is 67.1 Å². The minimum absolute atomic E-state index is 0.0542. The standard InChI is InChI=1S/C16H17ClN4O6S2/c1-2-27-16(23)13-15(28-20-19-13)18-14(22)11-9-10(3-4-12(11)17)29(24,25)21-5-7-26-8-6-21/h3-4,9H,2,5-8H2,1H3,(H,18,22). The number of sulfonamides is 1. The van der Waals surface area contributed by atoms with Gasteiger partial charge in [-0.1, -0.05) is 16.1 Å². The number of amides is 1. The summed E-state index contributed by atoms with van der Waals surface area (Å²) in [6.07, 6.45) is 0. The smallest absolute Gasteiger partial charge is 0.362 e. The molecule has 3 rings (SSSR count). The molecule has 1 aromatic carbocycles. The molecule has 0 unspecified atom stereocenters. The maximum Gasteiger partial charge on any atom is 0.362 e. The van der Waals surface area contributed by atoms with E-state index in [9.17, 15) is 18.0 Å². The third-order valence-electron chi connectivity index (χ3n) is 3.97. The molecule has 2 heterocycles. The van der Waals surface area contributed by atoms with Gasteiger partial charge in [-0.2, -0.15) is 4.31 Å². The molecule has 0 aliphatic carbocycles. The van der Waals surface area contributed by atoms with Crippen molar-refractivity contribution in [2.75, 3.05) is 38.2 Å². The fourth-order valence-corrected chi connectivity index (χ4v) is 4.74. The summed E-state index contributed by atoms with van der Waals surface area (Å²) in [6.45, 7) is 2.82. The molecule has 1 fully saturated rings. The highest BCUT2D eigenvalue weighted by molar-refractivity contribution is 7.89. The number of ether oxygens (including phenoxy) is 2. The van der Waals surface area contributed by atoms with Gasteiger partial charge in [0.05, 0.1) is 35.3 Å². The third-order valence-corrected chi connectivity index (χ3v) is 6.84. The summed E-state index contributed by atoms with van der Waals surface area (Å²) < 4.78 is 40.6. The van der Waals surface area contributed by atoms with Crippen LogP contribution in [0.2, 0.25) is 5.02 Å². The van der Waals surface area contributed by atoms with E-state index in [1.165, 1.54) is 22.5 Å². The second-order valence-electron chi connectivity index (χ2n) is 5.78. The van der Waals surface area contributed by atoms with Crippen molar-refractivity contribution in [3.63, 3.8) is 0 Å². The number of hydrogen-bond donors (Lipinski definition) is 1. The van der Waals surface area contributed by atoms with Crippen LogP contribution in [0.25, 0.3) is 0 Å². The van der Waals surface area contributed by atoms with Gasteiger partial charge in [0.25, 0.3) is 5.91 Å². The first-order valence-electron chi connectivity index (χ1n) is 8.53. The Morgan fingerprint density at radius 3 is 2.76 bits per heavy atom. The van der Waals surface area contributed by atoms with E-state index < -0.39 is 21.9 Å². The number of carbonyl (C=O) groups excluding carboxylic acids is 2. The third kappa shape index (κ3) is 4.73. The molecule has 2 aromatic rings. The van der Waals surface area contributed by atoms with Gasteiger partial charge in [-0.15, -0.1) is 5.10 Å². The average molecular weight is 461 g/mol. The van der Waals surface area contributed by atoms with Crippen LogP contribution in [0.1, 0.15) is 27.8 Å². The normalized spacial score (nSPS) is 15.1. The van der Waals surface area contributed by atoms with Crippen LogP contribution in [0.3, 0.4) is 0 Å². The van der Waals surface area contributed by atoms with Crippen LogP contribution in [0.5, 0.6) is 0 Å². The zero-order valence-corrected chi connectivity index (χ0v) is 17.6. The molecule has 10 nitrogen and oxygen atoms in total. The van der Waals surface area contributed by atoms with Crippen molar-refractivity contribution in [2.24, 2.45) is 0 Å². The van der Waals surface area contributed by atoms with Crippen LogP contribution in [-0.2, 0) is 19.5 Å². The molecule has 0 spiro atoms. The maximum absolute atomic E-state index is 12.8. The second kappa shape index (κ2) is 9.13. The van der Waals surface area contributed by atoms with Crippen molar-refractivity contribution in [2.45, 2.75) is 11.8 Å². The van der Waals surface area contributed by atoms with Gasteiger partial charge < -0.3 is 14.8 Å². The summed E-state index contributed by atoms with van der Waals surface area (Å²) in [7, 11) is -3.81. The van der Waals surface area contributed by atoms with Crippen molar-refractivity contribution in [1.82, 2.24) is 13.9 Å². The molecule has 1 amide bonds. The lowest BCUT2D eigenvalue weighted by atomic mass is 10.2. The van der Waals surface area contributed by atoms with Crippen molar-refractivity contribution in [3.8, 4) is 0 Å². The number of aromatic nitrogens is 2. The van der Waals surface area contributed by atoms with E-state index in [1.54, 1.807) is 6.92 Å². The number of anilines is 1. The largest absolute Gasteiger partial charge is 0.461 e. The molecule has 156 valence electrons. The fraction of sp³-hybridized carbons (Fsp3) is 0.375. The summed E-state index contributed by atoms with van der Waals surface area (Å²) in [5, 5.41) is 6.27. The molecule has 13 heteroatoms. The summed E-state index contributed by atoms with van der Waals surface area (Å²) in [5.41, 5.74) is -0.206. The molecule has 0 atom stereocenters. The van der Waals surface area contributed by atoms with Gasteiger partial charge in [-0.3, -0.25) is 4.79 Å². The topological polar surface area (TPSA) is 128 Å². The first-order chi connectivity index (χ1) is 13.8. The Bertz CT molecular complexity index is 1020. The number of carbonyl (C=O) groups is 2. The van der Waals surface area contributed by atoms with Crippen LogP contribution < -0.4 is 5.32 Å². The first kappa shape index (κ1) is 21.6. The van der Waals surface area contributed by atoms with Gasteiger partial charge in [-0.25, -0.2) is 13.2 Å². The van der Waals surface area contributed by atoms with E-state index in [-0.39, 0.29) is 45.9 Å². The van der Waals surface area contributed by atoms with Crippen molar-refractivity contribution >= 4 is 50.0 Å². The van der Waals surface area contributed by atoms with E-state index in [2.05, 4.69) is 14.9 Å². The summed E-state index contributed by atoms with van der Waals surface area (Å²) in [6, 6.07) is 3.87. The number of nitrogens with one attached hydrogen (secondary N) is 1. The van der Waals surface area contributed by atoms with Gasteiger partial charge in [0.1, 0.15) is 0 Å². The zero-order chi connectivity index (χ0) is 21.0. The monoisotopic (exact) mass is 460 g/mol. The molecule has 0 saturated carbocycles. The van der Waals surface area contributed by atoms with Crippen LogP contribution in [0.4, 0.5) is 5.00 Å². The van der Waals surface area contributed by atoms with Crippen molar-refractivity contribution < 1.29 is 27.5 Å². The van der Waals surface area contributed by atoms with Gasteiger partial charge >= 0.3 is 5.97 Å². The number of esters is 1. The zero-order valence-electron chi connectivity index (χ0n) is 15.3. The second-order valence-corrected chi connectivity index (χ2v) is 8.88. The van der Waals surface area contributed by atoms with Crippen molar-refractivity contribution in [1.29, 1.82) is 0 Å². The molecule has 0 radical (unpaired) electrons. The highest BCUT2D eigenvalue weighted by Crippen LogP contribution is 2.26. The predicted molar refractivity (Wildman–Crippen MR) is 105 cm³/mol. The maximum atomic E-state index is 12.8. The van der Waals surface area contributed by atoms with E-state index in [0.29, 0.717) is 13.2 Å². The van der Waals surface area contributed by atoms with Gasteiger partial charge in [-0.05, 0) is 25.1 Å². The highest BCUT2D eigenvalue weighted by atomic mass is 35.5. The van der Waals surface area contributed by atoms with Crippen LogP contribution in [0, 0.1) is 0 Å². The first-order valence-corrected chi connectivity index (χ1v) is 11.1. The minimum Gasteiger partial charge on any atom is -0.461 e. The van der Waals surface area contributed by atoms with Gasteiger partial charge in [0.15, 0.2) is 5.00 Å². The molecular weight excluding hydrogens is 444 g/mol. The molecule has 1 aliphatic heterocycles. The molecule has 1 aromatic heterocycles. The number of benzene rings is 1. The van der Waals surface area contributed by atoms with Gasteiger partial charge in [0.2, 0.25) is 15.7 Å². The Kier molecular flexibility index (Phi) is 6.80. The lowest BCUT2D eigenvalue weighted by Gasteiger charge is -2.26. The Balaban J connectivity index is 1.86. The number of hydrogen-bond acceptors (Lipinski definition) is 9. The molecule has 1 saturated heterocycles. The number of morpholine rings is 1. The van der Waals surface area contributed by atoms with Crippen molar-refractivity contribution in [3.05, 3.63) is 34.5 Å². The number of rotatable bonds is 6. The highest BCUT2D eigenvalue weighted by Gasteiger charge is 2.28. The van der Waals surface area contributed by atoms with Gasteiger partial charge in [0, 0.05) is 24.6 Å². The number of nitrogens with zero attached hydrogens (tertiary/aromatic N) is 3. The summed E-state index contributed by atoms with van der Waals surface area (Å²) >= 11 is 6.90. The Hall–Kier alpha value is -2.12. The molecule has 29 heavy (non-hydrogen) atoms. The lowest BCUT2D eigenvalue weighted by Crippen LogP contribution is -2.40. The summed E-state index contributed by atoms with van der Waals surface area (Å²) in [5.74, 6) is -1.43. The van der Waals surface area contributed by atoms with Crippen LogP contribution >= 0.6 is 23.1 Å². The number of halogens is 1. The van der Waals surface area contributed by atoms with E-state index in [0.717, 1.165) is 11.5 Å². The molecule has 0 bridgehead atoms. The molecule has 1 aliphatic rings. The fourth-order valence-electron chi connectivity index (χ4n) is 2.55. The van der Waals surface area contributed by atoms with E-state index in [4.69, 9.17) is 21.1 Å². The Morgan fingerprint density at radius 2 is 2.07 bits per heavy atom. The molecular formula is C16H17ClN4O6S2. The summed E-state index contributed by atoms with van der Waals surface area (Å²) in [4.78, 5) is 24.5. The van der Waals surface area contributed by atoms with E-state index in [1.807, 2.05) is 0 Å². The Labute approximate surface area is 176 Å². The minimum atomic E-state index is -3.81. The predicted octanol–water partition coefficient (Wildman–Crippen LogP) is 1.64. The average Bonchev–Trinajstić information content (AvgIpc) is 3.17. The molecule has 1 N–H and O–H groups in total. The quantitative estimate of drug-likeness (QED) is 0.644. The van der Waals surface area contributed by atoms with E-state index >= 15 is 0 Å². The van der Waals surface area contributed by atoms with Crippen LogP contribution in [0.15, 0.2) is 23.1 Å². The SMILES string of the molecule is CCOC(=O)c1nnsc1NC(=O)c1cc(S(=O)(=O)N2CCOCC2)ccc1Cl. The lowest BCUT2D eigenvalue weighted by molar-refractivity contribution is 0.0520. The Morgan fingerprint density at radius 1 is 1.34 bits per heavy atom.